The Morgan fingerprint density at radius 1 is 1.30 bits per heavy atom. The van der Waals surface area contributed by atoms with Crippen molar-refractivity contribution in [2.24, 2.45) is 11.7 Å². The summed E-state index contributed by atoms with van der Waals surface area (Å²) in [5.41, 5.74) is 6.07. The van der Waals surface area contributed by atoms with Crippen LogP contribution in [0.4, 0.5) is 0 Å². The Kier molecular flexibility index (Phi) is 4.81. The number of nitrogens with one attached hydrogen (secondary N) is 1. The highest BCUT2D eigenvalue weighted by Crippen LogP contribution is 2.26. The molecule has 5 heteroatoms. The van der Waals surface area contributed by atoms with E-state index in [1.54, 1.807) is 24.3 Å². The van der Waals surface area contributed by atoms with Crippen LogP contribution in [-0.2, 0) is 10.0 Å². The largest absolute Gasteiger partial charge is 0.320 e. The molecule has 1 saturated carbocycles. The van der Waals surface area contributed by atoms with Crippen LogP contribution in [0.5, 0.6) is 0 Å². The van der Waals surface area contributed by atoms with E-state index in [0.29, 0.717) is 12.5 Å². The van der Waals surface area contributed by atoms with Crippen LogP contribution < -0.4 is 10.5 Å². The summed E-state index contributed by atoms with van der Waals surface area (Å²) in [4.78, 5) is 0.287. The Morgan fingerprint density at radius 2 is 2.00 bits per heavy atom. The molecule has 3 N–H and O–H groups in total. The van der Waals surface area contributed by atoms with Crippen molar-refractivity contribution in [3.8, 4) is 11.8 Å². The van der Waals surface area contributed by atoms with Gasteiger partial charge in [0.05, 0.1) is 11.4 Å². The van der Waals surface area contributed by atoms with E-state index in [1.807, 2.05) is 0 Å². The van der Waals surface area contributed by atoms with Gasteiger partial charge in [-0.25, -0.2) is 13.1 Å². The quantitative estimate of drug-likeness (QED) is 0.829. The van der Waals surface area contributed by atoms with E-state index in [9.17, 15) is 8.42 Å². The van der Waals surface area contributed by atoms with Gasteiger partial charge in [0, 0.05) is 11.6 Å². The molecule has 1 fully saturated rings. The highest BCUT2D eigenvalue weighted by Gasteiger charge is 2.26. The summed E-state index contributed by atoms with van der Waals surface area (Å²) in [6, 6.07) is 6.64. The molecular formula is C15H20N2O2S. The third-order valence-electron chi connectivity index (χ3n) is 3.52. The summed E-state index contributed by atoms with van der Waals surface area (Å²) < 4.78 is 27.3. The molecule has 0 aliphatic heterocycles. The SMILES string of the molecule is CC1CCC(NS(=O)(=O)c2ccc(C#CCN)cc2)C1. The molecule has 1 aliphatic carbocycles. The molecule has 1 aromatic rings. The van der Waals surface area contributed by atoms with Gasteiger partial charge in [0.25, 0.3) is 0 Å². The fraction of sp³-hybridized carbons (Fsp3) is 0.467. The topological polar surface area (TPSA) is 72.2 Å². The molecule has 20 heavy (non-hydrogen) atoms. The van der Waals surface area contributed by atoms with Crippen molar-refractivity contribution in [3.05, 3.63) is 29.8 Å². The van der Waals surface area contributed by atoms with Crippen LogP contribution in [0.25, 0.3) is 0 Å². The molecule has 0 saturated heterocycles. The van der Waals surface area contributed by atoms with Crippen molar-refractivity contribution in [2.45, 2.75) is 37.1 Å². The van der Waals surface area contributed by atoms with Gasteiger partial charge < -0.3 is 5.73 Å². The molecule has 1 aliphatic rings. The van der Waals surface area contributed by atoms with Crippen molar-refractivity contribution in [3.63, 3.8) is 0 Å². The van der Waals surface area contributed by atoms with Gasteiger partial charge in [-0.15, -0.1) is 0 Å². The number of hydrogen-bond donors (Lipinski definition) is 2. The van der Waals surface area contributed by atoms with Gasteiger partial charge in [-0.2, -0.15) is 0 Å². The minimum Gasteiger partial charge on any atom is -0.320 e. The van der Waals surface area contributed by atoms with Crippen LogP contribution in [0.1, 0.15) is 31.7 Å². The number of benzene rings is 1. The van der Waals surface area contributed by atoms with E-state index < -0.39 is 10.0 Å². The summed E-state index contributed by atoms with van der Waals surface area (Å²) >= 11 is 0. The number of nitrogens with two attached hydrogens (primary N) is 1. The van der Waals surface area contributed by atoms with Gasteiger partial charge in [0.15, 0.2) is 0 Å². The Labute approximate surface area is 120 Å². The van der Waals surface area contributed by atoms with E-state index in [0.717, 1.165) is 24.8 Å². The minimum absolute atomic E-state index is 0.0618. The third-order valence-corrected chi connectivity index (χ3v) is 5.05. The highest BCUT2D eigenvalue weighted by atomic mass is 32.2. The fourth-order valence-electron chi connectivity index (χ4n) is 2.47. The van der Waals surface area contributed by atoms with Crippen molar-refractivity contribution in [2.75, 3.05) is 6.54 Å². The van der Waals surface area contributed by atoms with E-state index >= 15 is 0 Å². The Morgan fingerprint density at radius 3 is 2.55 bits per heavy atom. The van der Waals surface area contributed by atoms with Gasteiger partial charge in [-0.1, -0.05) is 18.8 Å². The van der Waals surface area contributed by atoms with Gasteiger partial charge in [-0.05, 0) is 49.4 Å². The maximum Gasteiger partial charge on any atom is 0.240 e. The average molecular weight is 292 g/mol. The monoisotopic (exact) mass is 292 g/mol. The average Bonchev–Trinajstić information content (AvgIpc) is 2.81. The molecular weight excluding hydrogens is 272 g/mol. The summed E-state index contributed by atoms with van der Waals surface area (Å²) in [6.07, 6.45) is 2.92. The molecule has 4 nitrogen and oxygen atoms in total. The second kappa shape index (κ2) is 6.40. The van der Waals surface area contributed by atoms with Crippen molar-refractivity contribution in [1.82, 2.24) is 4.72 Å². The lowest BCUT2D eigenvalue weighted by molar-refractivity contribution is 0.538. The Bertz CT molecular complexity index is 612. The first-order valence-electron chi connectivity index (χ1n) is 6.82. The lowest BCUT2D eigenvalue weighted by Crippen LogP contribution is -2.32. The summed E-state index contributed by atoms with van der Waals surface area (Å²) in [7, 11) is -3.43. The Balaban J connectivity index is 2.09. The van der Waals surface area contributed by atoms with Crippen LogP contribution in [0.15, 0.2) is 29.2 Å². The minimum atomic E-state index is -3.43. The van der Waals surface area contributed by atoms with Crippen LogP contribution in [0, 0.1) is 17.8 Å². The molecule has 108 valence electrons. The first-order valence-corrected chi connectivity index (χ1v) is 8.31. The van der Waals surface area contributed by atoms with Gasteiger partial charge in [0.2, 0.25) is 10.0 Å². The molecule has 0 bridgehead atoms. The van der Waals surface area contributed by atoms with Crippen molar-refractivity contribution < 1.29 is 8.42 Å². The van der Waals surface area contributed by atoms with E-state index in [2.05, 4.69) is 23.5 Å². The van der Waals surface area contributed by atoms with Gasteiger partial charge >= 0.3 is 0 Å². The highest BCUT2D eigenvalue weighted by molar-refractivity contribution is 7.89. The molecule has 0 aromatic heterocycles. The van der Waals surface area contributed by atoms with Crippen LogP contribution in [0.3, 0.4) is 0 Å². The van der Waals surface area contributed by atoms with E-state index in [-0.39, 0.29) is 10.9 Å². The first kappa shape index (κ1) is 15.0. The standard InChI is InChI=1S/C15H20N2O2S/c1-12-4-7-14(11-12)17-20(18,19)15-8-5-13(6-9-15)3-2-10-16/h5-6,8-9,12,14,17H,4,7,10-11,16H2,1H3. The normalized spacial score (nSPS) is 22.3. The molecule has 2 atom stereocenters. The van der Waals surface area contributed by atoms with Crippen molar-refractivity contribution in [1.29, 1.82) is 0 Å². The van der Waals surface area contributed by atoms with Gasteiger partial charge in [-0.3, -0.25) is 0 Å². The van der Waals surface area contributed by atoms with Crippen LogP contribution in [0.2, 0.25) is 0 Å². The summed E-state index contributed by atoms with van der Waals surface area (Å²) in [5.74, 6) is 6.20. The number of rotatable bonds is 3. The first-order chi connectivity index (χ1) is 9.51. The Hall–Kier alpha value is -1.35. The van der Waals surface area contributed by atoms with Gasteiger partial charge in [0.1, 0.15) is 0 Å². The van der Waals surface area contributed by atoms with Crippen molar-refractivity contribution >= 4 is 10.0 Å². The predicted octanol–water partition coefficient (Wildman–Crippen LogP) is 1.46. The van der Waals surface area contributed by atoms with Crippen LogP contribution in [-0.4, -0.2) is 21.0 Å². The molecule has 2 unspecified atom stereocenters. The maximum atomic E-state index is 12.3. The predicted molar refractivity (Wildman–Crippen MR) is 79.5 cm³/mol. The lowest BCUT2D eigenvalue weighted by Gasteiger charge is -2.13. The second-order valence-corrected chi connectivity index (χ2v) is 6.98. The molecule has 0 spiro atoms. The summed E-state index contributed by atoms with van der Waals surface area (Å²) in [5, 5.41) is 0. The number of sulfonamides is 1. The van der Waals surface area contributed by atoms with Crippen LogP contribution >= 0.6 is 0 Å². The third kappa shape index (κ3) is 3.83. The van der Waals surface area contributed by atoms with E-state index in [4.69, 9.17) is 5.73 Å². The molecule has 0 amide bonds. The number of hydrogen-bond acceptors (Lipinski definition) is 3. The zero-order valence-corrected chi connectivity index (χ0v) is 12.4. The maximum absolute atomic E-state index is 12.3. The molecule has 2 rings (SSSR count). The molecule has 1 aromatic carbocycles. The smallest absolute Gasteiger partial charge is 0.240 e. The zero-order chi connectivity index (χ0) is 14.6. The molecule has 0 radical (unpaired) electrons. The second-order valence-electron chi connectivity index (χ2n) is 5.27. The lowest BCUT2D eigenvalue weighted by atomic mass is 10.1. The summed E-state index contributed by atoms with van der Waals surface area (Å²) in [6.45, 7) is 2.45. The molecule has 0 heterocycles. The zero-order valence-electron chi connectivity index (χ0n) is 11.6. The van der Waals surface area contributed by atoms with E-state index in [1.165, 1.54) is 0 Å². The fourth-order valence-corrected chi connectivity index (χ4v) is 3.76.